The molecule has 0 aliphatic carbocycles. The van der Waals surface area contributed by atoms with E-state index >= 15 is 0 Å². The summed E-state index contributed by atoms with van der Waals surface area (Å²) in [6.45, 7) is 0. The van der Waals surface area contributed by atoms with E-state index in [1.807, 2.05) is 0 Å². The molecule has 72 valence electrons. The maximum Gasteiger partial charge on any atom is 0.155 e. The average Bonchev–Trinajstić information content (AvgIpc) is 2.14. The Morgan fingerprint density at radius 3 is 2.36 bits per heavy atom. The van der Waals surface area contributed by atoms with Gasteiger partial charge in [0.1, 0.15) is 11.6 Å². The highest BCUT2D eigenvalue weighted by atomic mass is 79.9. The summed E-state index contributed by atoms with van der Waals surface area (Å²) in [5.74, 6) is 3.36. The van der Waals surface area contributed by atoms with Crippen molar-refractivity contribution in [2.24, 2.45) is 0 Å². The summed E-state index contributed by atoms with van der Waals surface area (Å²) in [5.41, 5.74) is -0.348. The van der Waals surface area contributed by atoms with E-state index in [0.717, 1.165) is 12.1 Å². The molecule has 4 heteroatoms. The first-order valence-electron chi connectivity index (χ1n) is 3.68. The maximum absolute atomic E-state index is 13.0. The van der Waals surface area contributed by atoms with Crippen molar-refractivity contribution < 1.29 is 13.6 Å². The smallest absolute Gasteiger partial charge is 0.155 e. The van der Waals surface area contributed by atoms with Gasteiger partial charge in [-0.3, -0.25) is 4.79 Å². The number of benzene rings is 1. The number of carbonyl (C=O) groups is 1. The van der Waals surface area contributed by atoms with Crippen molar-refractivity contribution in [1.29, 1.82) is 0 Å². The summed E-state index contributed by atoms with van der Waals surface area (Å²) in [5, 5.41) is 0.422. The first kappa shape index (κ1) is 10.9. The molecule has 1 aromatic rings. The van der Waals surface area contributed by atoms with Gasteiger partial charge in [0.25, 0.3) is 0 Å². The zero-order valence-corrected chi connectivity index (χ0v) is 8.57. The van der Waals surface area contributed by atoms with Gasteiger partial charge in [0.2, 0.25) is 0 Å². The van der Waals surface area contributed by atoms with Crippen LogP contribution in [0.25, 0.3) is 0 Å². The number of hydrogen-bond donors (Lipinski definition) is 0. The molecule has 1 rings (SSSR count). The maximum atomic E-state index is 13.0. The molecule has 0 amide bonds. The number of alkyl halides is 1. The molecule has 0 saturated heterocycles. The normalized spacial score (nSPS) is 9.07. The van der Waals surface area contributed by atoms with Crippen LogP contribution >= 0.6 is 15.9 Å². The van der Waals surface area contributed by atoms with E-state index in [0.29, 0.717) is 5.33 Å². The van der Waals surface area contributed by atoms with Gasteiger partial charge >= 0.3 is 0 Å². The Hall–Kier alpha value is -1.21. The predicted molar refractivity (Wildman–Crippen MR) is 52.4 cm³/mol. The fourth-order valence-corrected chi connectivity index (χ4v) is 1.04. The molecule has 0 aliphatic rings. The van der Waals surface area contributed by atoms with E-state index in [1.165, 1.54) is 0 Å². The molecule has 0 aliphatic heterocycles. The van der Waals surface area contributed by atoms with Crippen molar-refractivity contribution in [3.8, 4) is 11.8 Å². The number of rotatable bonds is 1. The van der Waals surface area contributed by atoms with Crippen molar-refractivity contribution in [3.05, 3.63) is 34.9 Å². The first-order valence-corrected chi connectivity index (χ1v) is 4.80. The molecule has 1 nitrogen and oxygen atoms in total. The Balaban J connectivity index is 3.20. The van der Waals surface area contributed by atoms with E-state index in [4.69, 9.17) is 0 Å². The second-order valence-electron chi connectivity index (χ2n) is 2.41. The van der Waals surface area contributed by atoms with E-state index in [1.54, 1.807) is 0 Å². The van der Waals surface area contributed by atoms with E-state index in [-0.39, 0.29) is 11.8 Å². The fraction of sp³-hybridized carbons (Fsp3) is 0.100. The molecule has 0 heterocycles. The van der Waals surface area contributed by atoms with Crippen molar-refractivity contribution in [1.82, 2.24) is 0 Å². The number of carbonyl (C=O) groups excluding carboxylic acids is 1. The minimum Gasteiger partial charge on any atom is -0.298 e. The van der Waals surface area contributed by atoms with Crippen LogP contribution in [0.4, 0.5) is 8.78 Å². The number of aldehydes is 1. The molecule has 0 radical (unpaired) electrons. The van der Waals surface area contributed by atoms with Crippen LogP contribution in [0.1, 0.15) is 15.9 Å². The summed E-state index contributed by atoms with van der Waals surface area (Å²) in [4.78, 5) is 10.2. The molecule has 1 aromatic carbocycles. The van der Waals surface area contributed by atoms with Crippen LogP contribution in [-0.2, 0) is 0 Å². The predicted octanol–water partition coefficient (Wildman–Crippen LogP) is 2.52. The minimum atomic E-state index is -0.890. The lowest BCUT2D eigenvalue weighted by molar-refractivity contribution is 0.111. The van der Waals surface area contributed by atoms with Gasteiger partial charge < -0.3 is 0 Å². The Bertz CT molecular complexity index is 395. The standard InChI is InChI=1S/C10H5BrF2O/c11-3-1-2-7-4-9(12)8(6-14)10(13)5-7/h4-6H,3H2. The Morgan fingerprint density at radius 2 is 1.93 bits per heavy atom. The van der Waals surface area contributed by atoms with Gasteiger partial charge in [0.15, 0.2) is 6.29 Å². The lowest BCUT2D eigenvalue weighted by atomic mass is 10.1. The summed E-state index contributed by atoms with van der Waals surface area (Å²) in [6, 6.07) is 2.06. The van der Waals surface area contributed by atoms with Gasteiger partial charge in [-0.25, -0.2) is 8.78 Å². The van der Waals surface area contributed by atoms with Crippen molar-refractivity contribution in [3.63, 3.8) is 0 Å². The Morgan fingerprint density at radius 1 is 1.36 bits per heavy atom. The third-order valence-corrected chi connectivity index (χ3v) is 1.78. The molecule has 0 atom stereocenters. The summed E-state index contributed by atoms with van der Waals surface area (Å²) < 4.78 is 26.0. The third kappa shape index (κ3) is 2.39. The summed E-state index contributed by atoms with van der Waals surface area (Å²) >= 11 is 3.05. The van der Waals surface area contributed by atoms with Crippen LogP contribution in [0.15, 0.2) is 12.1 Å². The van der Waals surface area contributed by atoms with Crippen LogP contribution < -0.4 is 0 Å². The lowest BCUT2D eigenvalue weighted by Crippen LogP contribution is -1.94. The van der Waals surface area contributed by atoms with E-state index in [2.05, 4.69) is 27.8 Å². The number of hydrogen-bond acceptors (Lipinski definition) is 1. The highest BCUT2D eigenvalue weighted by molar-refractivity contribution is 9.09. The molecule has 0 fully saturated rings. The molecular weight excluding hydrogens is 254 g/mol. The average molecular weight is 259 g/mol. The Labute approximate surface area is 88.3 Å². The largest absolute Gasteiger partial charge is 0.298 e. The van der Waals surface area contributed by atoms with E-state index in [9.17, 15) is 13.6 Å². The molecule has 0 N–H and O–H groups in total. The van der Waals surface area contributed by atoms with Gasteiger partial charge in [-0.1, -0.05) is 27.8 Å². The highest BCUT2D eigenvalue weighted by Gasteiger charge is 2.08. The quantitative estimate of drug-likeness (QED) is 0.430. The van der Waals surface area contributed by atoms with Crippen LogP contribution in [0.2, 0.25) is 0 Å². The molecule has 0 saturated carbocycles. The van der Waals surface area contributed by atoms with Crippen LogP contribution in [0.5, 0.6) is 0 Å². The van der Waals surface area contributed by atoms with Crippen LogP contribution in [0, 0.1) is 23.5 Å². The topological polar surface area (TPSA) is 17.1 Å². The van der Waals surface area contributed by atoms with Gasteiger partial charge in [-0.05, 0) is 12.1 Å². The molecule has 0 bridgehead atoms. The second kappa shape index (κ2) is 4.87. The molecule has 0 spiro atoms. The van der Waals surface area contributed by atoms with Crippen molar-refractivity contribution >= 4 is 22.2 Å². The van der Waals surface area contributed by atoms with Crippen LogP contribution in [-0.4, -0.2) is 11.6 Å². The second-order valence-corrected chi connectivity index (χ2v) is 2.97. The first-order chi connectivity index (χ1) is 6.69. The van der Waals surface area contributed by atoms with Crippen molar-refractivity contribution in [2.75, 3.05) is 5.33 Å². The molecule has 14 heavy (non-hydrogen) atoms. The highest BCUT2D eigenvalue weighted by Crippen LogP contribution is 2.12. The van der Waals surface area contributed by atoms with Gasteiger partial charge in [-0.2, -0.15) is 0 Å². The summed E-state index contributed by atoms with van der Waals surface area (Å²) in [6.07, 6.45) is 0.145. The Kier molecular flexibility index (Phi) is 3.78. The van der Waals surface area contributed by atoms with Gasteiger partial charge in [0, 0.05) is 5.56 Å². The lowest BCUT2D eigenvalue weighted by Gasteiger charge is -1.97. The third-order valence-electron chi connectivity index (χ3n) is 1.50. The summed E-state index contributed by atoms with van der Waals surface area (Å²) in [7, 11) is 0. The molecule has 0 aromatic heterocycles. The molecular formula is C10H5BrF2O. The fourth-order valence-electron chi connectivity index (χ4n) is 0.905. The SMILES string of the molecule is O=Cc1c(F)cc(C#CCBr)cc1F. The molecule has 0 unspecified atom stereocenters. The van der Waals surface area contributed by atoms with E-state index < -0.39 is 17.2 Å². The van der Waals surface area contributed by atoms with Crippen molar-refractivity contribution in [2.45, 2.75) is 0 Å². The van der Waals surface area contributed by atoms with Gasteiger partial charge in [0.05, 0.1) is 10.9 Å². The zero-order valence-electron chi connectivity index (χ0n) is 6.98. The minimum absolute atomic E-state index is 0.145. The zero-order chi connectivity index (χ0) is 10.6. The number of halogens is 3. The monoisotopic (exact) mass is 258 g/mol. The van der Waals surface area contributed by atoms with Crippen LogP contribution in [0.3, 0.4) is 0 Å². The van der Waals surface area contributed by atoms with Gasteiger partial charge in [-0.15, -0.1) is 0 Å².